The highest BCUT2D eigenvalue weighted by molar-refractivity contribution is 4.79. The van der Waals surface area contributed by atoms with E-state index in [9.17, 15) is 0 Å². The fourth-order valence-corrected chi connectivity index (χ4v) is 1.27. The SMILES string of the molecule is CC.CCCCCNC(C)(CC)CC. The number of rotatable bonds is 7. The van der Waals surface area contributed by atoms with Gasteiger partial charge in [-0.15, -0.1) is 0 Å². The maximum atomic E-state index is 3.63. The first-order valence-electron chi connectivity index (χ1n) is 6.43. The third kappa shape index (κ3) is 8.55. The maximum Gasteiger partial charge on any atom is 0.0148 e. The van der Waals surface area contributed by atoms with Crippen LogP contribution in [0.3, 0.4) is 0 Å². The summed E-state index contributed by atoms with van der Waals surface area (Å²) < 4.78 is 0. The Kier molecular flexibility index (Phi) is 12.9. The van der Waals surface area contributed by atoms with Gasteiger partial charge in [0.1, 0.15) is 0 Å². The van der Waals surface area contributed by atoms with Crippen LogP contribution in [-0.4, -0.2) is 12.1 Å². The molecule has 14 heavy (non-hydrogen) atoms. The Bertz CT molecular complexity index is 95.4. The van der Waals surface area contributed by atoms with Gasteiger partial charge in [-0.25, -0.2) is 0 Å². The zero-order valence-electron chi connectivity index (χ0n) is 11.2. The Morgan fingerprint density at radius 3 is 1.79 bits per heavy atom. The minimum absolute atomic E-state index is 0.383. The number of hydrogen-bond donors (Lipinski definition) is 1. The molecule has 0 aromatic carbocycles. The Balaban J connectivity index is 0. The average Bonchev–Trinajstić information content (AvgIpc) is 2.27. The Morgan fingerprint density at radius 1 is 0.929 bits per heavy atom. The first kappa shape index (κ1) is 16.4. The molecule has 1 heteroatoms. The van der Waals surface area contributed by atoms with Gasteiger partial charge in [0.05, 0.1) is 0 Å². The lowest BCUT2D eigenvalue weighted by molar-refractivity contribution is 0.329. The van der Waals surface area contributed by atoms with Gasteiger partial charge in [-0.2, -0.15) is 0 Å². The summed E-state index contributed by atoms with van der Waals surface area (Å²) in [4.78, 5) is 0. The van der Waals surface area contributed by atoms with Crippen LogP contribution in [-0.2, 0) is 0 Å². The molecule has 0 radical (unpaired) electrons. The second kappa shape index (κ2) is 11.0. The van der Waals surface area contributed by atoms with Crippen LogP contribution in [0.4, 0.5) is 0 Å². The van der Waals surface area contributed by atoms with Gasteiger partial charge in [-0.1, -0.05) is 47.5 Å². The van der Waals surface area contributed by atoms with Crippen LogP contribution in [0.25, 0.3) is 0 Å². The molecule has 0 aliphatic rings. The Morgan fingerprint density at radius 2 is 1.43 bits per heavy atom. The smallest absolute Gasteiger partial charge is 0.0148 e. The lowest BCUT2D eigenvalue weighted by Crippen LogP contribution is -2.41. The molecule has 1 nitrogen and oxygen atoms in total. The first-order valence-corrected chi connectivity index (χ1v) is 6.43. The van der Waals surface area contributed by atoms with E-state index >= 15 is 0 Å². The summed E-state index contributed by atoms with van der Waals surface area (Å²) in [6.07, 6.45) is 6.46. The molecule has 0 aliphatic heterocycles. The molecule has 0 bridgehead atoms. The van der Waals surface area contributed by atoms with Crippen molar-refractivity contribution in [3.05, 3.63) is 0 Å². The second-order valence-electron chi connectivity index (χ2n) is 3.90. The van der Waals surface area contributed by atoms with Gasteiger partial charge >= 0.3 is 0 Å². The van der Waals surface area contributed by atoms with Crippen LogP contribution in [0, 0.1) is 0 Å². The van der Waals surface area contributed by atoms with Crippen LogP contribution in [0.2, 0.25) is 0 Å². The second-order valence-corrected chi connectivity index (χ2v) is 3.90. The molecule has 88 valence electrons. The van der Waals surface area contributed by atoms with E-state index < -0.39 is 0 Å². The molecule has 0 heterocycles. The Hall–Kier alpha value is -0.0400. The van der Waals surface area contributed by atoms with Crippen LogP contribution in [0.15, 0.2) is 0 Å². The van der Waals surface area contributed by atoms with Gasteiger partial charge in [0.15, 0.2) is 0 Å². The molecular weight excluding hydrogens is 170 g/mol. The molecule has 0 aromatic heterocycles. The molecule has 1 N–H and O–H groups in total. The first-order chi connectivity index (χ1) is 6.68. The lowest BCUT2D eigenvalue weighted by Gasteiger charge is -2.28. The summed E-state index contributed by atoms with van der Waals surface area (Å²) in [7, 11) is 0. The summed E-state index contributed by atoms with van der Waals surface area (Å²) >= 11 is 0. The maximum absolute atomic E-state index is 3.63. The minimum atomic E-state index is 0.383. The minimum Gasteiger partial charge on any atom is -0.312 e. The van der Waals surface area contributed by atoms with Crippen molar-refractivity contribution in [3.8, 4) is 0 Å². The van der Waals surface area contributed by atoms with Crippen molar-refractivity contribution in [2.45, 2.75) is 79.2 Å². The van der Waals surface area contributed by atoms with Crippen molar-refractivity contribution in [1.29, 1.82) is 0 Å². The predicted octanol–water partition coefficient (Wildman–Crippen LogP) is 4.37. The molecule has 0 spiro atoms. The highest BCUT2D eigenvalue weighted by Crippen LogP contribution is 2.13. The topological polar surface area (TPSA) is 12.0 Å². The van der Waals surface area contributed by atoms with Gasteiger partial charge in [-0.05, 0) is 32.7 Å². The normalized spacial score (nSPS) is 10.7. The standard InChI is InChI=1S/C11H25N.C2H6/c1-5-8-9-10-12-11(4,6-2)7-3;1-2/h12H,5-10H2,1-4H3;1-2H3. The van der Waals surface area contributed by atoms with E-state index in [2.05, 4.69) is 33.0 Å². The van der Waals surface area contributed by atoms with Gasteiger partial charge in [0, 0.05) is 5.54 Å². The summed E-state index contributed by atoms with van der Waals surface area (Å²) in [6, 6.07) is 0. The van der Waals surface area contributed by atoms with Crippen LogP contribution < -0.4 is 5.32 Å². The quantitative estimate of drug-likeness (QED) is 0.603. The van der Waals surface area contributed by atoms with E-state index in [0.717, 1.165) is 0 Å². The third-order valence-corrected chi connectivity index (χ3v) is 2.89. The fraction of sp³-hybridized carbons (Fsp3) is 1.00. The molecular formula is C13H31N. The van der Waals surface area contributed by atoms with Crippen molar-refractivity contribution in [2.24, 2.45) is 0 Å². The van der Waals surface area contributed by atoms with Gasteiger partial charge in [-0.3, -0.25) is 0 Å². The number of hydrogen-bond acceptors (Lipinski definition) is 1. The van der Waals surface area contributed by atoms with Crippen molar-refractivity contribution >= 4 is 0 Å². The van der Waals surface area contributed by atoms with Crippen molar-refractivity contribution in [1.82, 2.24) is 5.32 Å². The lowest BCUT2D eigenvalue weighted by atomic mass is 9.95. The van der Waals surface area contributed by atoms with E-state index in [1.807, 2.05) is 13.8 Å². The summed E-state index contributed by atoms with van der Waals surface area (Å²) in [6.45, 7) is 14.3. The average molecular weight is 201 g/mol. The molecule has 0 rings (SSSR count). The largest absolute Gasteiger partial charge is 0.312 e. The van der Waals surface area contributed by atoms with Crippen molar-refractivity contribution in [2.75, 3.05) is 6.54 Å². The fourth-order valence-electron chi connectivity index (χ4n) is 1.27. The van der Waals surface area contributed by atoms with E-state index in [0.29, 0.717) is 5.54 Å². The molecule has 0 amide bonds. The molecule has 0 fully saturated rings. The summed E-state index contributed by atoms with van der Waals surface area (Å²) in [5, 5.41) is 3.63. The van der Waals surface area contributed by atoms with Gasteiger partial charge in [0.25, 0.3) is 0 Å². The van der Waals surface area contributed by atoms with Gasteiger partial charge < -0.3 is 5.32 Å². The van der Waals surface area contributed by atoms with Crippen LogP contribution >= 0.6 is 0 Å². The monoisotopic (exact) mass is 201 g/mol. The molecule has 0 unspecified atom stereocenters. The highest BCUT2D eigenvalue weighted by atomic mass is 15.0. The number of nitrogens with one attached hydrogen (secondary N) is 1. The zero-order chi connectivity index (χ0) is 11.4. The molecule has 0 atom stereocenters. The van der Waals surface area contributed by atoms with E-state index in [1.165, 1.54) is 38.6 Å². The molecule has 0 aliphatic carbocycles. The van der Waals surface area contributed by atoms with Crippen LogP contribution in [0.5, 0.6) is 0 Å². The summed E-state index contributed by atoms with van der Waals surface area (Å²) in [5.74, 6) is 0. The molecule has 0 saturated heterocycles. The van der Waals surface area contributed by atoms with Crippen LogP contribution in [0.1, 0.15) is 73.6 Å². The van der Waals surface area contributed by atoms with E-state index in [4.69, 9.17) is 0 Å². The van der Waals surface area contributed by atoms with Gasteiger partial charge in [0.2, 0.25) is 0 Å². The molecule has 0 aromatic rings. The highest BCUT2D eigenvalue weighted by Gasteiger charge is 2.17. The summed E-state index contributed by atoms with van der Waals surface area (Å²) in [5.41, 5.74) is 0.383. The van der Waals surface area contributed by atoms with E-state index in [-0.39, 0.29) is 0 Å². The van der Waals surface area contributed by atoms with Crippen molar-refractivity contribution in [3.63, 3.8) is 0 Å². The number of unbranched alkanes of at least 4 members (excludes halogenated alkanes) is 2. The molecule has 0 saturated carbocycles. The predicted molar refractivity (Wildman–Crippen MR) is 67.9 cm³/mol. The zero-order valence-corrected chi connectivity index (χ0v) is 11.2. The Labute approximate surface area is 91.7 Å². The third-order valence-electron chi connectivity index (χ3n) is 2.89. The van der Waals surface area contributed by atoms with Crippen molar-refractivity contribution < 1.29 is 0 Å². The van der Waals surface area contributed by atoms with E-state index in [1.54, 1.807) is 0 Å².